The Balaban J connectivity index is 1.62. The van der Waals surface area contributed by atoms with Gasteiger partial charge in [-0.15, -0.1) is 0 Å². The fourth-order valence-corrected chi connectivity index (χ4v) is 5.29. The first-order chi connectivity index (χ1) is 16.2. The first-order valence-electron chi connectivity index (χ1n) is 11.4. The third-order valence-electron chi connectivity index (χ3n) is 7.04. The van der Waals surface area contributed by atoms with E-state index in [0.29, 0.717) is 5.56 Å². The molecule has 0 atom stereocenters. The van der Waals surface area contributed by atoms with Crippen molar-refractivity contribution in [3.05, 3.63) is 88.2 Å². The lowest BCUT2D eigenvalue weighted by Gasteiger charge is -2.11. The van der Waals surface area contributed by atoms with Gasteiger partial charge in [0.2, 0.25) is 5.69 Å². The Hall–Kier alpha value is -3.60. The van der Waals surface area contributed by atoms with Crippen molar-refractivity contribution >= 4 is 44.4 Å². The zero-order chi connectivity index (χ0) is 23.8. The normalized spacial score (nSPS) is 13.4. The first-order valence-corrected chi connectivity index (χ1v) is 11.4. The molecule has 170 valence electrons. The number of aryl methyl sites for hydroxylation is 3. The molecule has 0 radical (unpaired) electrons. The molecule has 0 spiro atoms. The van der Waals surface area contributed by atoms with E-state index >= 15 is 0 Å². The molecule has 5 aromatic rings. The maximum absolute atomic E-state index is 12.9. The van der Waals surface area contributed by atoms with Gasteiger partial charge in [-0.1, -0.05) is 30.3 Å². The fourth-order valence-electron chi connectivity index (χ4n) is 5.29. The summed E-state index contributed by atoms with van der Waals surface area (Å²) < 4.78 is 47.1. The van der Waals surface area contributed by atoms with Gasteiger partial charge in [0.1, 0.15) is 18.2 Å². The van der Waals surface area contributed by atoms with Crippen LogP contribution < -0.4 is 4.57 Å². The Kier molecular flexibility index (Phi) is 4.44. The van der Waals surface area contributed by atoms with Gasteiger partial charge < -0.3 is 4.42 Å². The largest absolute Gasteiger partial charge is 0.455 e. The number of pyridine rings is 1. The number of nitrogens with zero attached hydrogens (tertiary/aromatic N) is 1. The number of halogens is 3. The van der Waals surface area contributed by atoms with Crippen molar-refractivity contribution in [1.82, 2.24) is 0 Å². The van der Waals surface area contributed by atoms with Crippen molar-refractivity contribution < 1.29 is 22.2 Å². The highest BCUT2D eigenvalue weighted by Gasteiger charge is 2.31. The minimum absolute atomic E-state index is 0.0245. The summed E-state index contributed by atoms with van der Waals surface area (Å²) in [6.07, 6.45) is -0.920. The summed E-state index contributed by atoms with van der Waals surface area (Å²) in [5.41, 5.74) is 8.81. The lowest BCUT2D eigenvalue weighted by molar-refractivity contribution is -0.672. The highest BCUT2D eigenvalue weighted by atomic mass is 19.4. The van der Waals surface area contributed by atoms with Gasteiger partial charge in [-0.05, 0) is 66.1 Å². The lowest BCUT2D eigenvalue weighted by atomic mass is 9.92. The van der Waals surface area contributed by atoms with Crippen molar-refractivity contribution in [2.75, 3.05) is 0 Å². The van der Waals surface area contributed by atoms with E-state index in [-0.39, 0.29) is 6.42 Å². The molecule has 0 amide bonds. The van der Waals surface area contributed by atoms with Gasteiger partial charge in [0.05, 0.1) is 11.0 Å². The SMILES string of the molecule is Cc1cc2c(oc3ccccc32)c(C2=Cc3cc(CCC(F)(F)F)cc4cc[n+](C)c2c34)c1C. The quantitative estimate of drug-likeness (QED) is 0.250. The van der Waals surface area contributed by atoms with E-state index in [1.54, 1.807) is 0 Å². The molecule has 6 rings (SSSR count). The third-order valence-corrected chi connectivity index (χ3v) is 7.04. The van der Waals surface area contributed by atoms with Crippen molar-refractivity contribution in [3.63, 3.8) is 0 Å². The van der Waals surface area contributed by atoms with E-state index in [1.807, 2.05) is 49.6 Å². The van der Waals surface area contributed by atoms with E-state index in [1.165, 1.54) is 5.56 Å². The third kappa shape index (κ3) is 3.14. The molecule has 0 saturated carbocycles. The van der Waals surface area contributed by atoms with Gasteiger partial charge in [0.15, 0.2) is 6.20 Å². The molecule has 1 aliphatic rings. The minimum atomic E-state index is -4.17. The molecule has 34 heavy (non-hydrogen) atoms. The molecule has 2 aromatic heterocycles. The number of fused-ring (bicyclic) bond motifs is 3. The number of furan rings is 1. The van der Waals surface area contributed by atoms with Crippen LogP contribution in [-0.2, 0) is 13.5 Å². The molecule has 0 aliphatic heterocycles. The van der Waals surface area contributed by atoms with Gasteiger partial charge in [-0.3, -0.25) is 0 Å². The summed E-state index contributed by atoms with van der Waals surface area (Å²) in [6, 6.07) is 16.0. The standard InChI is InChI=1S/C29H23F3NO/c1-16-12-22-21-6-4-5-7-24(21)34-28(22)25(17(16)2)23-15-20-14-18(8-10-29(30,31)32)13-19-9-11-33(3)27(23)26(19)20/h4-7,9,11-15H,8,10H2,1-3H3/q+1. The molecule has 0 bridgehead atoms. The second-order valence-corrected chi connectivity index (χ2v) is 9.27. The van der Waals surface area contributed by atoms with Crippen LogP contribution in [0, 0.1) is 13.8 Å². The molecular formula is C29H23F3NO+. The van der Waals surface area contributed by atoms with Crippen molar-refractivity contribution in [1.29, 1.82) is 0 Å². The molecule has 0 fully saturated rings. The van der Waals surface area contributed by atoms with Gasteiger partial charge in [0, 0.05) is 28.8 Å². The van der Waals surface area contributed by atoms with E-state index in [9.17, 15) is 13.2 Å². The Labute approximate surface area is 194 Å². The van der Waals surface area contributed by atoms with E-state index in [2.05, 4.69) is 36.6 Å². The number of alkyl halides is 3. The zero-order valence-electron chi connectivity index (χ0n) is 19.2. The van der Waals surface area contributed by atoms with Crippen molar-refractivity contribution in [3.8, 4) is 0 Å². The number of benzene rings is 3. The average Bonchev–Trinajstić information content (AvgIpc) is 3.35. The molecule has 2 heterocycles. The number of rotatable bonds is 3. The summed E-state index contributed by atoms with van der Waals surface area (Å²) in [4.78, 5) is 0. The van der Waals surface area contributed by atoms with Crippen LogP contribution in [0.5, 0.6) is 0 Å². The predicted octanol–water partition coefficient (Wildman–Crippen LogP) is 7.58. The maximum Gasteiger partial charge on any atom is 0.389 e. The number of aromatic nitrogens is 1. The van der Waals surface area contributed by atoms with E-state index < -0.39 is 12.6 Å². The smallest absolute Gasteiger partial charge is 0.389 e. The van der Waals surface area contributed by atoms with E-state index in [4.69, 9.17) is 4.42 Å². The van der Waals surface area contributed by atoms with E-state index in [0.717, 1.165) is 60.7 Å². The molecular weight excluding hydrogens is 435 g/mol. The first kappa shape index (κ1) is 21.0. The molecule has 0 N–H and O–H groups in total. The Morgan fingerprint density at radius 2 is 1.76 bits per heavy atom. The Morgan fingerprint density at radius 1 is 0.971 bits per heavy atom. The van der Waals surface area contributed by atoms with Crippen molar-refractivity contribution in [2.45, 2.75) is 32.9 Å². The summed E-state index contributed by atoms with van der Waals surface area (Å²) >= 11 is 0. The van der Waals surface area contributed by atoms with Crippen LogP contribution in [0.15, 0.2) is 59.1 Å². The number of hydrogen-bond donors (Lipinski definition) is 0. The Bertz CT molecular complexity index is 1670. The zero-order valence-corrected chi connectivity index (χ0v) is 19.2. The molecule has 2 nitrogen and oxygen atoms in total. The summed E-state index contributed by atoms with van der Waals surface area (Å²) in [6.45, 7) is 4.22. The molecule has 5 heteroatoms. The highest BCUT2D eigenvalue weighted by molar-refractivity contribution is 6.17. The van der Waals surface area contributed by atoms with Gasteiger partial charge in [-0.2, -0.15) is 13.2 Å². The molecule has 0 saturated heterocycles. The second-order valence-electron chi connectivity index (χ2n) is 9.27. The maximum atomic E-state index is 12.9. The van der Waals surface area contributed by atoms with Gasteiger partial charge >= 0.3 is 6.18 Å². The van der Waals surface area contributed by atoms with Crippen LogP contribution in [0.2, 0.25) is 0 Å². The summed E-state index contributed by atoms with van der Waals surface area (Å²) in [7, 11) is 2.01. The molecule has 1 aliphatic carbocycles. The summed E-state index contributed by atoms with van der Waals surface area (Å²) in [5, 5.41) is 4.18. The van der Waals surface area contributed by atoms with Crippen LogP contribution in [0.4, 0.5) is 13.2 Å². The van der Waals surface area contributed by atoms with Crippen LogP contribution in [-0.4, -0.2) is 6.18 Å². The second kappa shape index (κ2) is 7.20. The fraction of sp³-hybridized carbons (Fsp3) is 0.207. The van der Waals surface area contributed by atoms with Crippen LogP contribution in [0.25, 0.3) is 44.4 Å². The van der Waals surface area contributed by atoms with Crippen LogP contribution >= 0.6 is 0 Å². The summed E-state index contributed by atoms with van der Waals surface area (Å²) in [5.74, 6) is 0. The number of hydrogen-bond acceptors (Lipinski definition) is 1. The molecule has 3 aromatic carbocycles. The lowest BCUT2D eigenvalue weighted by Crippen LogP contribution is -2.32. The predicted molar refractivity (Wildman–Crippen MR) is 130 cm³/mol. The van der Waals surface area contributed by atoms with Crippen molar-refractivity contribution in [2.24, 2.45) is 7.05 Å². The van der Waals surface area contributed by atoms with Gasteiger partial charge in [0.25, 0.3) is 0 Å². The Morgan fingerprint density at radius 3 is 2.56 bits per heavy atom. The highest BCUT2D eigenvalue weighted by Crippen LogP contribution is 2.44. The van der Waals surface area contributed by atoms with Gasteiger partial charge in [-0.25, -0.2) is 4.57 Å². The monoisotopic (exact) mass is 458 g/mol. The number of para-hydroxylation sites is 1. The molecule has 0 unspecified atom stereocenters. The minimum Gasteiger partial charge on any atom is -0.455 e. The topological polar surface area (TPSA) is 17.0 Å². The van der Waals surface area contributed by atoms with Crippen LogP contribution in [0.3, 0.4) is 0 Å². The van der Waals surface area contributed by atoms with Crippen LogP contribution in [0.1, 0.15) is 39.9 Å². The average molecular weight is 459 g/mol.